The second-order valence-electron chi connectivity index (χ2n) is 5.73. The molecule has 0 aliphatic carbocycles. The van der Waals surface area contributed by atoms with E-state index in [2.05, 4.69) is 15.6 Å². The lowest BCUT2D eigenvalue weighted by atomic mass is 9.74. The van der Waals surface area contributed by atoms with Crippen molar-refractivity contribution in [2.24, 2.45) is 5.41 Å². The summed E-state index contributed by atoms with van der Waals surface area (Å²) in [7, 11) is 0. The van der Waals surface area contributed by atoms with Crippen LogP contribution in [0.3, 0.4) is 0 Å². The Labute approximate surface area is 117 Å². The molecule has 2 amide bonds. The molecule has 0 aliphatic heterocycles. The van der Waals surface area contributed by atoms with Gasteiger partial charge in [0.15, 0.2) is 0 Å². The highest BCUT2D eigenvalue weighted by Crippen LogP contribution is 2.30. The Kier molecular flexibility index (Phi) is 4.42. The number of urea groups is 1. The number of nitrogens with zero attached hydrogens (tertiary/aromatic N) is 1. The van der Waals surface area contributed by atoms with Gasteiger partial charge in [-0.3, -0.25) is 4.79 Å². The van der Waals surface area contributed by atoms with Gasteiger partial charge in [-0.2, -0.15) is 0 Å². The van der Waals surface area contributed by atoms with Gasteiger partial charge in [0.2, 0.25) is 5.89 Å². The number of hydrogen-bond donors (Lipinski definition) is 3. The summed E-state index contributed by atoms with van der Waals surface area (Å²) in [5.74, 6) is 0.0774. The first kappa shape index (κ1) is 16.0. The topological polar surface area (TPSA) is 104 Å². The monoisotopic (exact) mass is 283 g/mol. The van der Waals surface area contributed by atoms with Gasteiger partial charge in [0.05, 0.1) is 23.7 Å². The van der Waals surface area contributed by atoms with Gasteiger partial charge in [-0.05, 0) is 34.6 Å². The van der Waals surface area contributed by atoms with Crippen LogP contribution >= 0.6 is 0 Å². The zero-order chi connectivity index (χ0) is 15.6. The first-order valence-corrected chi connectivity index (χ1v) is 6.27. The molecular weight excluding hydrogens is 262 g/mol. The van der Waals surface area contributed by atoms with Crippen molar-refractivity contribution in [2.75, 3.05) is 0 Å². The maximum absolute atomic E-state index is 11.8. The molecule has 0 atom stereocenters. The summed E-state index contributed by atoms with van der Waals surface area (Å²) in [4.78, 5) is 27.0. The molecule has 0 spiro atoms. The average molecular weight is 283 g/mol. The second-order valence-corrected chi connectivity index (χ2v) is 5.73. The summed E-state index contributed by atoms with van der Waals surface area (Å²) >= 11 is 0. The number of aliphatic carboxylic acids is 1. The predicted octanol–water partition coefficient (Wildman–Crippen LogP) is 1.67. The number of carbonyl (C=O) groups excluding carboxylic acids is 1. The lowest BCUT2D eigenvalue weighted by Gasteiger charge is -2.38. The van der Waals surface area contributed by atoms with E-state index >= 15 is 0 Å². The molecule has 1 heterocycles. The molecule has 0 aromatic carbocycles. The first-order chi connectivity index (χ1) is 9.06. The van der Waals surface area contributed by atoms with Crippen LogP contribution in [0.15, 0.2) is 10.6 Å². The van der Waals surface area contributed by atoms with Crippen molar-refractivity contribution < 1.29 is 19.1 Å². The van der Waals surface area contributed by atoms with E-state index in [0.717, 1.165) is 0 Å². The van der Waals surface area contributed by atoms with Crippen LogP contribution < -0.4 is 10.6 Å². The van der Waals surface area contributed by atoms with Gasteiger partial charge in [0.25, 0.3) is 0 Å². The Hall–Kier alpha value is -2.05. The number of amides is 2. The van der Waals surface area contributed by atoms with Crippen molar-refractivity contribution in [3.8, 4) is 0 Å². The van der Waals surface area contributed by atoms with Crippen LogP contribution in [0.5, 0.6) is 0 Å². The summed E-state index contributed by atoms with van der Waals surface area (Å²) in [6, 6.07) is -0.472. The van der Waals surface area contributed by atoms with E-state index < -0.39 is 23.0 Å². The molecule has 3 N–H and O–H groups in total. The third-order valence-electron chi connectivity index (χ3n) is 3.59. The molecule has 1 aromatic rings. The van der Waals surface area contributed by atoms with Crippen molar-refractivity contribution >= 4 is 12.0 Å². The first-order valence-electron chi connectivity index (χ1n) is 6.27. The molecule has 0 aliphatic rings. The largest absolute Gasteiger partial charge is 0.481 e. The number of aryl methyl sites for hydroxylation is 1. The van der Waals surface area contributed by atoms with Crippen LogP contribution in [0.1, 0.15) is 39.3 Å². The summed E-state index contributed by atoms with van der Waals surface area (Å²) in [6.07, 6.45) is 1.56. The standard InChI is InChI=1S/C13H21N3O4/c1-8-6-14-9(20-8)7-15-11(19)16-13(4,5)12(2,3)10(17)18/h6H,7H2,1-5H3,(H,17,18)(H2,15,16,19). The maximum atomic E-state index is 11.8. The minimum absolute atomic E-state index is 0.142. The van der Waals surface area contributed by atoms with Gasteiger partial charge in [0.1, 0.15) is 5.76 Å². The molecule has 1 rings (SSSR count). The van der Waals surface area contributed by atoms with Crippen LogP contribution in [-0.4, -0.2) is 27.6 Å². The number of rotatable bonds is 5. The highest BCUT2D eigenvalue weighted by atomic mass is 16.4. The average Bonchev–Trinajstić information content (AvgIpc) is 2.71. The van der Waals surface area contributed by atoms with Crippen molar-refractivity contribution in [2.45, 2.75) is 46.7 Å². The molecule has 7 nitrogen and oxygen atoms in total. The quantitative estimate of drug-likeness (QED) is 0.762. The van der Waals surface area contributed by atoms with Crippen LogP contribution in [0.25, 0.3) is 0 Å². The summed E-state index contributed by atoms with van der Waals surface area (Å²) in [5, 5.41) is 14.4. The summed E-state index contributed by atoms with van der Waals surface area (Å²) < 4.78 is 5.22. The van der Waals surface area contributed by atoms with Crippen molar-refractivity contribution in [3.05, 3.63) is 17.8 Å². The van der Waals surface area contributed by atoms with Crippen molar-refractivity contribution in [1.29, 1.82) is 0 Å². The lowest BCUT2D eigenvalue weighted by Crippen LogP contribution is -2.58. The Bertz CT molecular complexity index is 505. The number of nitrogens with one attached hydrogen (secondary N) is 2. The van der Waals surface area contributed by atoms with Gasteiger partial charge in [-0.25, -0.2) is 9.78 Å². The number of aromatic nitrogens is 1. The minimum atomic E-state index is -1.11. The minimum Gasteiger partial charge on any atom is -0.481 e. The van der Waals surface area contributed by atoms with E-state index in [1.54, 1.807) is 40.8 Å². The molecule has 112 valence electrons. The molecule has 1 aromatic heterocycles. The molecule has 0 saturated heterocycles. The maximum Gasteiger partial charge on any atom is 0.315 e. The van der Waals surface area contributed by atoms with Crippen LogP contribution in [-0.2, 0) is 11.3 Å². The van der Waals surface area contributed by atoms with Crippen molar-refractivity contribution in [1.82, 2.24) is 15.6 Å². The molecule has 0 unspecified atom stereocenters. The molecular formula is C13H21N3O4. The van der Waals surface area contributed by atoms with E-state index in [1.807, 2.05) is 0 Å². The molecule has 0 saturated carbocycles. The molecule has 7 heteroatoms. The smallest absolute Gasteiger partial charge is 0.315 e. The second kappa shape index (κ2) is 5.52. The van der Waals surface area contributed by atoms with Gasteiger partial charge in [-0.1, -0.05) is 0 Å². The molecule has 20 heavy (non-hydrogen) atoms. The van der Waals surface area contributed by atoms with Gasteiger partial charge in [-0.15, -0.1) is 0 Å². The van der Waals surface area contributed by atoms with Gasteiger partial charge < -0.3 is 20.2 Å². The van der Waals surface area contributed by atoms with Gasteiger partial charge >= 0.3 is 12.0 Å². The van der Waals surface area contributed by atoms with E-state index in [1.165, 1.54) is 0 Å². The van der Waals surface area contributed by atoms with E-state index in [9.17, 15) is 14.7 Å². The van der Waals surface area contributed by atoms with E-state index in [4.69, 9.17) is 4.42 Å². The Morgan fingerprint density at radius 1 is 1.35 bits per heavy atom. The van der Waals surface area contributed by atoms with Crippen molar-refractivity contribution in [3.63, 3.8) is 0 Å². The van der Waals surface area contributed by atoms with E-state index in [-0.39, 0.29) is 6.54 Å². The Morgan fingerprint density at radius 2 is 1.95 bits per heavy atom. The predicted molar refractivity (Wildman–Crippen MR) is 72.1 cm³/mol. The normalized spacial score (nSPS) is 12.1. The highest BCUT2D eigenvalue weighted by Gasteiger charge is 2.44. The number of hydrogen-bond acceptors (Lipinski definition) is 4. The number of carboxylic acid groups (broad SMARTS) is 1. The zero-order valence-corrected chi connectivity index (χ0v) is 12.4. The molecule has 0 bridgehead atoms. The third kappa shape index (κ3) is 3.49. The van der Waals surface area contributed by atoms with Crippen LogP contribution in [0.4, 0.5) is 4.79 Å². The fourth-order valence-electron chi connectivity index (χ4n) is 1.39. The SMILES string of the molecule is Cc1cnc(CNC(=O)NC(C)(C)C(C)(C)C(=O)O)o1. The summed E-state index contributed by atoms with van der Waals surface area (Å²) in [5.41, 5.74) is -2.03. The Balaban J connectivity index is 2.59. The number of carbonyl (C=O) groups is 2. The van der Waals surface area contributed by atoms with E-state index in [0.29, 0.717) is 11.7 Å². The fourth-order valence-corrected chi connectivity index (χ4v) is 1.39. The van der Waals surface area contributed by atoms with Gasteiger partial charge in [0, 0.05) is 0 Å². The molecule has 0 radical (unpaired) electrons. The lowest BCUT2D eigenvalue weighted by molar-refractivity contribution is -0.150. The Morgan fingerprint density at radius 3 is 2.40 bits per heavy atom. The highest BCUT2D eigenvalue weighted by molar-refractivity contribution is 5.79. The summed E-state index contributed by atoms with van der Waals surface area (Å²) in [6.45, 7) is 8.35. The third-order valence-corrected chi connectivity index (χ3v) is 3.59. The number of carboxylic acids is 1. The fraction of sp³-hybridized carbons (Fsp3) is 0.615. The van der Waals surface area contributed by atoms with Crippen LogP contribution in [0, 0.1) is 12.3 Å². The zero-order valence-electron chi connectivity index (χ0n) is 12.4. The molecule has 0 fully saturated rings. The number of oxazole rings is 1. The van der Waals surface area contributed by atoms with Crippen LogP contribution in [0.2, 0.25) is 0 Å².